The number of sulfone groups is 1. The molecule has 4 rings (SSSR count). The van der Waals surface area contributed by atoms with E-state index in [1.165, 1.54) is 12.3 Å². The lowest BCUT2D eigenvalue weighted by Crippen LogP contribution is -2.24. The zero-order valence-corrected chi connectivity index (χ0v) is 20.8. The summed E-state index contributed by atoms with van der Waals surface area (Å²) in [6.07, 6.45) is -2.22. The van der Waals surface area contributed by atoms with Crippen LogP contribution in [0.3, 0.4) is 0 Å². The van der Waals surface area contributed by atoms with Crippen LogP contribution in [0.1, 0.15) is 30.9 Å². The molecule has 0 aliphatic heterocycles. The van der Waals surface area contributed by atoms with Crippen LogP contribution >= 0.6 is 0 Å². The van der Waals surface area contributed by atoms with E-state index in [2.05, 4.69) is 4.98 Å². The summed E-state index contributed by atoms with van der Waals surface area (Å²) < 4.78 is 67.2. The van der Waals surface area contributed by atoms with Crippen LogP contribution in [0.4, 0.5) is 13.2 Å². The first-order chi connectivity index (χ1) is 17.1. The van der Waals surface area contributed by atoms with Gasteiger partial charge >= 0.3 is 6.18 Å². The van der Waals surface area contributed by atoms with Crippen molar-refractivity contribution in [2.75, 3.05) is 6.54 Å². The van der Waals surface area contributed by atoms with Crippen molar-refractivity contribution in [2.24, 2.45) is 5.73 Å². The van der Waals surface area contributed by atoms with Crippen LogP contribution in [0.25, 0.3) is 33.2 Å². The Morgan fingerprint density at radius 3 is 2.25 bits per heavy atom. The van der Waals surface area contributed by atoms with Gasteiger partial charge in [-0.1, -0.05) is 49.4 Å². The summed E-state index contributed by atoms with van der Waals surface area (Å²) >= 11 is 0. The smallest absolute Gasteiger partial charge is 0.330 e. The quantitative estimate of drug-likeness (QED) is 0.296. The maximum Gasteiger partial charge on any atom is 0.418 e. The van der Waals surface area contributed by atoms with Crippen LogP contribution in [0.15, 0.2) is 77.8 Å². The molecule has 0 saturated heterocycles. The fraction of sp³-hybridized carbons (Fsp3) is 0.250. The van der Waals surface area contributed by atoms with Crippen molar-refractivity contribution in [1.82, 2.24) is 4.98 Å². The molecule has 0 amide bonds. The number of aryl methyl sites for hydroxylation is 1. The van der Waals surface area contributed by atoms with Gasteiger partial charge in [0, 0.05) is 11.6 Å². The van der Waals surface area contributed by atoms with Crippen molar-refractivity contribution in [1.29, 1.82) is 0 Å². The van der Waals surface area contributed by atoms with E-state index in [9.17, 15) is 21.6 Å². The molecule has 3 aromatic carbocycles. The predicted octanol–water partition coefficient (Wildman–Crippen LogP) is 6.80. The van der Waals surface area contributed by atoms with Crippen LogP contribution in [-0.4, -0.2) is 25.2 Å². The highest BCUT2D eigenvalue weighted by Crippen LogP contribution is 2.39. The van der Waals surface area contributed by atoms with E-state index < -0.39 is 26.8 Å². The van der Waals surface area contributed by atoms with Crippen molar-refractivity contribution < 1.29 is 21.6 Å². The average Bonchev–Trinajstić information content (AvgIpc) is 2.86. The Morgan fingerprint density at radius 2 is 1.58 bits per heavy atom. The Bertz CT molecular complexity index is 1520. The van der Waals surface area contributed by atoms with Crippen LogP contribution < -0.4 is 5.73 Å². The predicted molar refractivity (Wildman–Crippen MR) is 137 cm³/mol. The molecular formula is C28H27F3N2O2S. The Morgan fingerprint density at radius 1 is 0.944 bits per heavy atom. The second-order valence-corrected chi connectivity index (χ2v) is 11.0. The van der Waals surface area contributed by atoms with E-state index in [-0.39, 0.29) is 17.0 Å². The molecule has 8 heteroatoms. The molecule has 0 radical (unpaired) electrons. The highest BCUT2D eigenvalue weighted by molar-refractivity contribution is 7.92. The van der Waals surface area contributed by atoms with Crippen molar-refractivity contribution in [3.63, 3.8) is 0 Å². The highest BCUT2D eigenvalue weighted by Gasteiger charge is 2.33. The first kappa shape index (κ1) is 25.9. The minimum atomic E-state index is -4.52. The zero-order chi connectivity index (χ0) is 26.1. The molecule has 1 unspecified atom stereocenters. The van der Waals surface area contributed by atoms with Gasteiger partial charge in [-0.05, 0) is 78.4 Å². The van der Waals surface area contributed by atoms with Crippen LogP contribution in [-0.2, 0) is 16.0 Å². The third kappa shape index (κ3) is 4.88. The molecule has 0 spiro atoms. The first-order valence-corrected chi connectivity index (χ1v) is 13.2. The van der Waals surface area contributed by atoms with E-state index in [4.69, 9.17) is 5.73 Å². The van der Waals surface area contributed by atoms with Gasteiger partial charge in [0.05, 0.1) is 21.2 Å². The molecule has 2 N–H and O–H groups in total. The number of benzene rings is 3. The molecule has 0 aliphatic carbocycles. The number of halogens is 3. The number of rotatable bonds is 7. The molecule has 1 aromatic heterocycles. The second-order valence-electron chi connectivity index (χ2n) is 8.78. The van der Waals surface area contributed by atoms with Gasteiger partial charge in [-0.25, -0.2) is 8.42 Å². The van der Waals surface area contributed by atoms with Gasteiger partial charge in [-0.2, -0.15) is 13.2 Å². The number of para-hydroxylation sites is 1. The van der Waals surface area contributed by atoms with Gasteiger partial charge in [0.2, 0.25) is 0 Å². The number of pyridine rings is 1. The van der Waals surface area contributed by atoms with Gasteiger partial charge < -0.3 is 5.73 Å². The normalized spacial score (nSPS) is 13.2. The van der Waals surface area contributed by atoms with E-state index in [0.29, 0.717) is 29.4 Å². The lowest BCUT2D eigenvalue weighted by atomic mass is 9.93. The molecule has 0 aliphatic rings. The number of fused-ring (bicyclic) bond motifs is 1. The molecule has 0 saturated carbocycles. The molecule has 188 valence electrons. The zero-order valence-electron chi connectivity index (χ0n) is 20.0. The van der Waals surface area contributed by atoms with Crippen molar-refractivity contribution in [3.8, 4) is 22.3 Å². The first-order valence-electron chi connectivity index (χ1n) is 11.7. The number of aromatic nitrogens is 1. The second kappa shape index (κ2) is 10.0. The molecule has 4 nitrogen and oxygen atoms in total. The van der Waals surface area contributed by atoms with Gasteiger partial charge in [0.15, 0.2) is 9.84 Å². The van der Waals surface area contributed by atoms with Crippen LogP contribution in [0, 0.1) is 6.92 Å². The fourth-order valence-corrected chi connectivity index (χ4v) is 6.43. The van der Waals surface area contributed by atoms with Gasteiger partial charge in [-0.3, -0.25) is 4.98 Å². The number of nitrogens with two attached hydrogens (primary N) is 1. The van der Waals surface area contributed by atoms with Crippen molar-refractivity contribution in [2.45, 2.75) is 43.0 Å². The summed E-state index contributed by atoms with van der Waals surface area (Å²) in [6.45, 7) is 3.93. The number of hydrogen-bond donors (Lipinski definition) is 1. The number of hydrogen-bond acceptors (Lipinski definition) is 4. The van der Waals surface area contributed by atoms with Crippen molar-refractivity contribution in [3.05, 3.63) is 84.1 Å². The highest BCUT2D eigenvalue weighted by atomic mass is 32.2. The molecule has 1 atom stereocenters. The Hall–Kier alpha value is -3.23. The summed E-state index contributed by atoms with van der Waals surface area (Å²) in [5, 5.41) is -0.149. The molecule has 1 heterocycles. The van der Waals surface area contributed by atoms with Gasteiger partial charge in [-0.15, -0.1) is 0 Å². The molecule has 0 fully saturated rings. The summed E-state index contributed by atoms with van der Waals surface area (Å²) in [5.74, 6) is 0. The van der Waals surface area contributed by atoms with Gasteiger partial charge in [0.25, 0.3) is 0 Å². The Kier molecular flexibility index (Phi) is 7.20. The lowest BCUT2D eigenvalue weighted by Gasteiger charge is -2.16. The number of nitrogens with zero attached hydrogens (tertiary/aromatic N) is 1. The van der Waals surface area contributed by atoms with E-state index >= 15 is 0 Å². The standard InChI is InChI=1S/C28H27F3N2O2S/c1-3-22(13-14-32)36(34,35)23-10-5-8-20(16-23)19-7-4-9-21(15-19)26-18(2)17-33-27-24(26)11-6-12-25(27)28(29,30)31/h4-12,15-17,22H,3,13-14,32H2,1-2H3. The summed E-state index contributed by atoms with van der Waals surface area (Å²) in [4.78, 5) is 4.32. The lowest BCUT2D eigenvalue weighted by molar-refractivity contribution is -0.136. The topological polar surface area (TPSA) is 73.1 Å². The van der Waals surface area contributed by atoms with Crippen LogP contribution in [0.5, 0.6) is 0 Å². The third-order valence-corrected chi connectivity index (χ3v) is 8.78. The third-order valence-electron chi connectivity index (χ3n) is 6.42. The largest absolute Gasteiger partial charge is 0.418 e. The maximum absolute atomic E-state index is 13.6. The van der Waals surface area contributed by atoms with E-state index in [0.717, 1.165) is 22.8 Å². The summed E-state index contributed by atoms with van der Waals surface area (Å²) in [6, 6.07) is 18.2. The van der Waals surface area contributed by atoms with E-state index in [1.807, 2.05) is 44.2 Å². The molecular weight excluding hydrogens is 485 g/mol. The van der Waals surface area contributed by atoms with Crippen LogP contribution in [0.2, 0.25) is 0 Å². The fourth-order valence-electron chi connectivity index (χ4n) is 4.60. The molecule has 36 heavy (non-hydrogen) atoms. The SMILES string of the molecule is CCC(CCN)S(=O)(=O)c1cccc(-c2cccc(-c3c(C)cnc4c(C(F)(F)F)cccc34)c2)c1. The Labute approximate surface area is 208 Å². The monoisotopic (exact) mass is 512 g/mol. The number of alkyl halides is 3. The van der Waals surface area contributed by atoms with Crippen molar-refractivity contribution >= 4 is 20.7 Å². The summed E-state index contributed by atoms with van der Waals surface area (Å²) in [7, 11) is -3.56. The average molecular weight is 513 g/mol. The van der Waals surface area contributed by atoms with E-state index in [1.54, 1.807) is 24.3 Å². The minimum Gasteiger partial charge on any atom is -0.330 e. The maximum atomic E-state index is 13.6. The Balaban J connectivity index is 1.83. The van der Waals surface area contributed by atoms with Gasteiger partial charge in [0.1, 0.15) is 0 Å². The molecule has 4 aromatic rings. The molecule has 0 bridgehead atoms. The summed E-state index contributed by atoms with van der Waals surface area (Å²) in [5.41, 5.74) is 8.32. The minimum absolute atomic E-state index is 0.102.